The number of rotatable bonds is 6. The zero-order valence-electron chi connectivity index (χ0n) is 18.5. The highest BCUT2D eigenvalue weighted by atomic mass is 16.2. The molecule has 6 heteroatoms. The smallest absolute Gasteiger partial charge is 0.285 e. The Kier molecular flexibility index (Phi) is 7.24. The van der Waals surface area contributed by atoms with E-state index in [0.717, 1.165) is 48.6 Å². The van der Waals surface area contributed by atoms with Crippen LogP contribution in [0.2, 0.25) is 0 Å². The van der Waals surface area contributed by atoms with Gasteiger partial charge in [0.25, 0.3) is 11.8 Å². The number of anilines is 1. The van der Waals surface area contributed by atoms with E-state index in [0.29, 0.717) is 6.54 Å². The van der Waals surface area contributed by atoms with Crippen LogP contribution in [-0.4, -0.2) is 63.5 Å². The van der Waals surface area contributed by atoms with Gasteiger partial charge in [0.1, 0.15) is 26.2 Å². The number of hydrogen-bond donors (Lipinski definition) is 3. The molecule has 3 rings (SSSR count). The molecule has 3 N–H and O–H groups in total. The van der Waals surface area contributed by atoms with Crippen molar-refractivity contribution in [3.63, 3.8) is 0 Å². The van der Waals surface area contributed by atoms with E-state index >= 15 is 0 Å². The second kappa shape index (κ2) is 9.87. The molecule has 0 unspecified atom stereocenters. The van der Waals surface area contributed by atoms with Crippen molar-refractivity contribution in [1.29, 1.82) is 0 Å². The van der Waals surface area contributed by atoms with Crippen LogP contribution in [0.4, 0.5) is 5.69 Å². The molecule has 1 aliphatic rings. The summed E-state index contributed by atoms with van der Waals surface area (Å²) in [5.41, 5.74) is 4.15. The lowest BCUT2D eigenvalue weighted by molar-refractivity contribution is -1.02. The number of aryl methyl sites for hydroxylation is 2. The fourth-order valence-electron chi connectivity index (χ4n) is 4.27. The maximum Gasteiger partial charge on any atom is 0.285 e. The highest BCUT2D eigenvalue weighted by molar-refractivity contribution is 5.93. The Labute approximate surface area is 179 Å². The Balaban J connectivity index is 1.60. The second-order valence-electron chi connectivity index (χ2n) is 8.48. The molecule has 0 spiro atoms. The molecule has 1 fully saturated rings. The van der Waals surface area contributed by atoms with Crippen LogP contribution in [0.25, 0.3) is 0 Å². The molecular formula is C24H34N4O2+2. The molecule has 2 aromatic carbocycles. The molecule has 0 bridgehead atoms. The van der Waals surface area contributed by atoms with Gasteiger partial charge in [-0.2, -0.15) is 0 Å². The molecule has 2 aromatic rings. The number of para-hydroxylation sites is 1. The monoisotopic (exact) mass is 410 g/mol. The van der Waals surface area contributed by atoms with Gasteiger partial charge in [0.05, 0.1) is 0 Å². The van der Waals surface area contributed by atoms with Crippen LogP contribution >= 0.6 is 0 Å². The number of nitrogens with one attached hydrogen (secondary N) is 3. The average Bonchev–Trinajstić information content (AvgIpc) is 2.73. The van der Waals surface area contributed by atoms with E-state index in [-0.39, 0.29) is 17.9 Å². The van der Waals surface area contributed by atoms with Gasteiger partial charge in [-0.15, -0.1) is 0 Å². The van der Waals surface area contributed by atoms with Gasteiger partial charge in [0, 0.05) is 25.3 Å². The molecule has 0 saturated carbocycles. The third-order valence-electron chi connectivity index (χ3n) is 5.98. The molecule has 0 radical (unpaired) electrons. The molecule has 0 aliphatic carbocycles. The van der Waals surface area contributed by atoms with E-state index in [1.54, 1.807) is 4.90 Å². The Bertz CT molecular complexity index is 854. The zero-order valence-corrected chi connectivity index (χ0v) is 18.5. The molecule has 1 aliphatic heterocycles. The molecule has 160 valence electrons. The van der Waals surface area contributed by atoms with Crippen molar-refractivity contribution in [2.45, 2.75) is 19.9 Å². The zero-order chi connectivity index (χ0) is 21.7. The first-order chi connectivity index (χ1) is 14.4. The summed E-state index contributed by atoms with van der Waals surface area (Å²) in [6.07, 6.45) is 0. The summed E-state index contributed by atoms with van der Waals surface area (Å²) >= 11 is 0. The van der Waals surface area contributed by atoms with Crippen molar-refractivity contribution in [3.8, 4) is 0 Å². The minimum atomic E-state index is -0.189. The summed E-state index contributed by atoms with van der Waals surface area (Å²) in [6, 6.07) is 15.9. The molecule has 1 atom stereocenters. The first-order valence-electron chi connectivity index (χ1n) is 10.7. The lowest BCUT2D eigenvalue weighted by Gasteiger charge is -2.34. The Morgan fingerprint density at radius 2 is 1.53 bits per heavy atom. The van der Waals surface area contributed by atoms with Crippen molar-refractivity contribution >= 4 is 17.5 Å². The number of nitrogens with zero attached hydrogens (tertiary/aromatic N) is 1. The van der Waals surface area contributed by atoms with Crippen molar-refractivity contribution in [2.24, 2.45) is 0 Å². The van der Waals surface area contributed by atoms with E-state index in [9.17, 15) is 9.59 Å². The largest absolute Gasteiger partial charge is 0.343 e. The van der Waals surface area contributed by atoms with Crippen LogP contribution in [0.15, 0.2) is 48.5 Å². The predicted molar refractivity (Wildman–Crippen MR) is 119 cm³/mol. The number of carbonyl (C=O) groups excluding carboxylic acids is 2. The Morgan fingerprint density at radius 1 is 0.933 bits per heavy atom. The third-order valence-corrected chi connectivity index (χ3v) is 5.98. The minimum absolute atomic E-state index is 0.0508. The van der Waals surface area contributed by atoms with E-state index in [4.69, 9.17) is 0 Å². The molecule has 30 heavy (non-hydrogen) atoms. The fraction of sp³-hybridized carbons (Fsp3) is 0.417. The van der Waals surface area contributed by atoms with Gasteiger partial charge < -0.3 is 20.0 Å². The fourth-order valence-corrected chi connectivity index (χ4v) is 4.27. The van der Waals surface area contributed by atoms with Crippen LogP contribution in [0.1, 0.15) is 22.7 Å². The lowest BCUT2D eigenvalue weighted by atomic mass is 10.0. The maximum atomic E-state index is 12.9. The van der Waals surface area contributed by atoms with Crippen molar-refractivity contribution < 1.29 is 19.4 Å². The summed E-state index contributed by atoms with van der Waals surface area (Å²) in [5, 5.41) is 3.09. The molecule has 0 aromatic heterocycles. The second-order valence-corrected chi connectivity index (χ2v) is 8.48. The van der Waals surface area contributed by atoms with Gasteiger partial charge in [0.15, 0.2) is 12.6 Å². The Hall–Kier alpha value is -2.70. The summed E-state index contributed by atoms with van der Waals surface area (Å²) in [5.74, 6) is 0.183. The summed E-state index contributed by atoms with van der Waals surface area (Å²) < 4.78 is 0. The van der Waals surface area contributed by atoms with Gasteiger partial charge in [-0.1, -0.05) is 48.5 Å². The quantitative estimate of drug-likeness (QED) is 0.621. The van der Waals surface area contributed by atoms with Gasteiger partial charge in [0.2, 0.25) is 0 Å². The van der Waals surface area contributed by atoms with Gasteiger partial charge in [-0.05, 0) is 25.0 Å². The molecular weight excluding hydrogens is 376 g/mol. The maximum absolute atomic E-state index is 12.9. The van der Waals surface area contributed by atoms with Crippen LogP contribution in [-0.2, 0) is 9.59 Å². The lowest BCUT2D eigenvalue weighted by Crippen LogP contribution is -3.28. The van der Waals surface area contributed by atoms with Gasteiger partial charge in [-0.3, -0.25) is 9.59 Å². The SMILES string of the molecule is Cc1cccc(C)c1NC(=O)C[NH+]1CC[NH+]([C@@H](C(=O)N(C)C)c2ccccc2)CC1. The molecule has 1 saturated heterocycles. The van der Waals surface area contributed by atoms with Gasteiger partial charge in [-0.25, -0.2) is 0 Å². The first kappa shape index (κ1) is 22.0. The normalized spacial score (nSPS) is 19.7. The third kappa shape index (κ3) is 5.26. The average molecular weight is 411 g/mol. The number of quaternary nitrogens is 2. The van der Waals surface area contributed by atoms with Crippen LogP contribution in [0.5, 0.6) is 0 Å². The summed E-state index contributed by atoms with van der Waals surface area (Å²) in [7, 11) is 3.63. The number of likely N-dealkylation sites (N-methyl/N-ethyl adjacent to an activating group) is 1. The summed E-state index contributed by atoms with van der Waals surface area (Å²) in [4.78, 5) is 29.8. The highest BCUT2D eigenvalue weighted by Crippen LogP contribution is 2.19. The molecule has 2 amide bonds. The van der Waals surface area contributed by atoms with E-state index in [1.165, 1.54) is 9.80 Å². The van der Waals surface area contributed by atoms with Crippen molar-refractivity contribution in [3.05, 3.63) is 65.2 Å². The van der Waals surface area contributed by atoms with Crippen LogP contribution < -0.4 is 15.1 Å². The topological polar surface area (TPSA) is 58.3 Å². The highest BCUT2D eigenvalue weighted by Gasteiger charge is 2.36. The number of piperazine rings is 1. The van der Waals surface area contributed by atoms with Crippen LogP contribution in [0, 0.1) is 13.8 Å². The first-order valence-corrected chi connectivity index (χ1v) is 10.7. The number of benzene rings is 2. The van der Waals surface area contributed by atoms with Crippen LogP contribution in [0.3, 0.4) is 0 Å². The molecule has 1 heterocycles. The number of amides is 2. The van der Waals surface area contributed by atoms with Gasteiger partial charge >= 0.3 is 0 Å². The minimum Gasteiger partial charge on any atom is -0.343 e. The standard InChI is InChI=1S/C24H32N4O2/c1-18-9-8-10-19(2)22(18)25-21(29)17-27-13-15-28(16-14-27)23(24(30)26(3)4)20-11-6-5-7-12-20/h5-12,23H,13-17H2,1-4H3,(H,25,29)/p+2/t23-/m1/s1. The summed E-state index contributed by atoms with van der Waals surface area (Å²) in [6.45, 7) is 7.97. The molecule has 6 nitrogen and oxygen atoms in total. The number of hydrogen-bond acceptors (Lipinski definition) is 2. The Morgan fingerprint density at radius 3 is 2.10 bits per heavy atom. The predicted octanol–water partition coefficient (Wildman–Crippen LogP) is -0.145. The van der Waals surface area contributed by atoms with E-state index in [1.807, 2.05) is 76.5 Å². The van der Waals surface area contributed by atoms with E-state index in [2.05, 4.69) is 5.32 Å². The van der Waals surface area contributed by atoms with Crippen molar-refractivity contribution in [2.75, 3.05) is 52.1 Å². The van der Waals surface area contributed by atoms with E-state index < -0.39 is 0 Å². The van der Waals surface area contributed by atoms with Crippen molar-refractivity contribution in [1.82, 2.24) is 4.90 Å². The number of carbonyl (C=O) groups is 2.